The fraction of sp³-hybridized carbons (Fsp3) is 0.200. The molecule has 2 nitrogen and oxygen atoms in total. The number of nitrogens with zero attached hydrogens (tertiary/aromatic N) is 1. The highest BCUT2D eigenvalue weighted by Gasteiger charge is 2.08. The van der Waals surface area contributed by atoms with Crippen LogP contribution in [0.5, 0.6) is 5.75 Å². The molecule has 1 N–H and O–H groups in total. The molecule has 68 valence electrons. The Balaban J connectivity index is 2.95. The zero-order valence-electron chi connectivity index (χ0n) is 7.50. The minimum absolute atomic E-state index is 0.306. The molecular formula is C10H10BrNO. The van der Waals surface area contributed by atoms with E-state index in [0.717, 1.165) is 10.1 Å². The molecule has 2 rings (SSSR count). The van der Waals surface area contributed by atoms with Crippen molar-refractivity contribution in [1.82, 2.24) is 4.57 Å². The topological polar surface area (TPSA) is 25.2 Å². The van der Waals surface area contributed by atoms with Crippen molar-refractivity contribution in [3.8, 4) is 5.75 Å². The second-order valence-electron chi connectivity index (χ2n) is 3.18. The quantitative estimate of drug-likeness (QED) is 0.752. The van der Waals surface area contributed by atoms with Crippen molar-refractivity contribution < 1.29 is 5.11 Å². The summed E-state index contributed by atoms with van der Waals surface area (Å²) in [6, 6.07) is 5.42. The van der Waals surface area contributed by atoms with Gasteiger partial charge in [-0.05, 0) is 40.5 Å². The molecule has 0 saturated heterocycles. The van der Waals surface area contributed by atoms with Crippen molar-refractivity contribution >= 4 is 26.8 Å². The Kier molecular flexibility index (Phi) is 1.84. The number of benzene rings is 1. The first-order valence-electron chi connectivity index (χ1n) is 4.05. The average molecular weight is 240 g/mol. The van der Waals surface area contributed by atoms with Gasteiger partial charge < -0.3 is 9.67 Å². The number of halogens is 1. The molecule has 0 aliphatic heterocycles. The number of phenols is 1. The third-order valence-electron chi connectivity index (χ3n) is 2.35. The molecule has 0 spiro atoms. The van der Waals surface area contributed by atoms with Gasteiger partial charge in [-0.2, -0.15) is 0 Å². The molecule has 0 radical (unpaired) electrons. The van der Waals surface area contributed by atoms with Gasteiger partial charge in [0, 0.05) is 18.5 Å². The lowest BCUT2D eigenvalue weighted by atomic mass is 10.2. The number of phenolic OH excluding ortho intramolecular Hbond substituents is 1. The molecule has 0 aliphatic rings. The summed E-state index contributed by atoms with van der Waals surface area (Å²) in [4.78, 5) is 0. The molecule has 1 aromatic heterocycles. The first-order chi connectivity index (χ1) is 6.11. The summed E-state index contributed by atoms with van der Waals surface area (Å²) in [5.74, 6) is 0.306. The molecule has 1 heterocycles. The average Bonchev–Trinajstić information content (AvgIpc) is 2.32. The van der Waals surface area contributed by atoms with Crippen LogP contribution in [0.2, 0.25) is 0 Å². The highest BCUT2D eigenvalue weighted by molar-refractivity contribution is 9.10. The SMILES string of the molecule is Cc1c(Br)n(C)c2cc(O)ccc12. The number of fused-ring (bicyclic) bond motifs is 1. The lowest BCUT2D eigenvalue weighted by Crippen LogP contribution is -1.86. The largest absolute Gasteiger partial charge is 0.508 e. The van der Waals surface area contributed by atoms with E-state index in [0.29, 0.717) is 5.75 Å². The third-order valence-corrected chi connectivity index (χ3v) is 3.48. The van der Waals surface area contributed by atoms with E-state index >= 15 is 0 Å². The van der Waals surface area contributed by atoms with Crippen LogP contribution in [0.1, 0.15) is 5.56 Å². The van der Waals surface area contributed by atoms with E-state index in [2.05, 4.69) is 22.9 Å². The molecular weight excluding hydrogens is 230 g/mol. The van der Waals surface area contributed by atoms with Gasteiger partial charge in [0.05, 0.1) is 10.1 Å². The summed E-state index contributed by atoms with van der Waals surface area (Å²) < 4.78 is 3.08. The minimum Gasteiger partial charge on any atom is -0.508 e. The summed E-state index contributed by atoms with van der Waals surface area (Å²) in [5, 5.41) is 10.5. The lowest BCUT2D eigenvalue weighted by Gasteiger charge is -1.97. The molecule has 0 bridgehead atoms. The van der Waals surface area contributed by atoms with Crippen LogP contribution < -0.4 is 0 Å². The maximum Gasteiger partial charge on any atom is 0.117 e. The van der Waals surface area contributed by atoms with Crippen molar-refractivity contribution in [1.29, 1.82) is 0 Å². The minimum atomic E-state index is 0.306. The Morgan fingerprint density at radius 1 is 1.38 bits per heavy atom. The molecule has 13 heavy (non-hydrogen) atoms. The number of aryl methyl sites for hydroxylation is 2. The van der Waals surface area contributed by atoms with Crippen LogP contribution in [-0.2, 0) is 7.05 Å². The zero-order valence-corrected chi connectivity index (χ0v) is 9.09. The fourth-order valence-electron chi connectivity index (χ4n) is 1.58. The summed E-state index contributed by atoms with van der Waals surface area (Å²) in [7, 11) is 1.97. The van der Waals surface area contributed by atoms with Crippen LogP contribution in [-0.4, -0.2) is 9.67 Å². The monoisotopic (exact) mass is 239 g/mol. The van der Waals surface area contributed by atoms with Gasteiger partial charge in [-0.3, -0.25) is 0 Å². The predicted octanol–water partition coefficient (Wildman–Crippen LogP) is 2.95. The lowest BCUT2D eigenvalue weighted by molar-refractivity contribution is 0.476. The van der Waals surface area contributed by atoms with Crippen molar-refractivity contribution in [3.05, 3.63) is 28.4 Å². The smallest absolute Gasteiger partial charge is 0.117 e. The fourth-order valence-corrected chi connectivity index (χ4v) is 1.99. The highest BCUT2D eigenvalue weighted by Crippen LogP contribution is 2.30. The zero-order chi connectivity index (χ0) is 9.59. The van der Waals surface area contributed by atoms with Crippen LogP contribution in [0.25, 0.3) is 10.9 Å². The molecule has 0 amide bonds. The van der Waals surface area contributed by atoms with Gasteiger partial charge in [-0.1, -0.05) is 0 Å². The second-order valence-corrected chi connectivity index (χ2v) is 3.93. The molecule has 0 saturated carbocycles. The molecule has 0 fully saturated rings. The van der Waals surface area contributed by atoms with Crippen LogP contribution in [0.3, 0.4) is 0 Å². The van der Waals surface area contributed by atoms with Crippen LogP contribution >= 0.6 is 15.9 Å². The number of aromatic hydroxyl groups is 1. The Labute approximate surface area is 84.9 Å². The molecule has 2 aromatic rings. The van der Waals surface area contributed by atoms with Crippen LogP contribution in [0, 0.1) is 6.92 Å². The van der Waals surface area contributed by atoms with Crippen LogP contribution in [0.4, 0.5) is 0 Å². The first-order valence-corrected chi connectivity index (χ1v) is 4.84. The number of hydrogen-bond donors (Lipinski definition) is 1. The second kappa shape index (κ2) is 2.77. The number of hydrogen-bond acceptors (Lipinski definition) is 1. The molecule has 0 atom stereocenters. The molecule has 1 aromatic carbocycles. The summed E-state index contributed by atoms with van der Waals surface area (Å²) in [6.07, 6.45) is 0. The maximum absolute atomic E-state index is 9.33. The van der Waals surface area contributed by atoms with Gasteiger partial charge in [0.15, 0.2) is 0 Å². The van der Waals surface area contributed by atoms with E-state index in [1.54, 1.807) is 12.1 Å². The van der Waals surface area contributed by atoms with E-state index in [4.69, 9.17) is 0 Å². The van der Waals surface area contributed by atoms with Crippen molar-refractivity contribution in [2.45, 2.75) is 6.92 Å². The summed E-state index contributed by atoms with van der Waals surface area (Å²) in [5.41, 5.74) is 2.25. The van der Waals surface area contributed by atoms with Gasteiger partial charge in [0.1, 0.15) is 5.75 Å². The number of rotatable bonds is 0. The first kappa shape index (κ1) is 8.63. The van der Waals surface area contributed by atoms with Crippen LogP contribution in [0.15, 0.2) is 22.8 Å². The van der Waals surface area contributed by atoms with Gasteiger partial charge in [0.25, 0.3) is 0 Å². The van der Waals surface area contributed by atoms with E-state index in [9.17, 15) is 5.11 Å². The third kappa shape index (κ3) is 1.15. The normalized spacial score (nSPS) is 11.0. The maximum atomic E-state index is 9.33. The van der Waals surface area contributed by atoms with Crippen molar-refractivity contribution in [3.63, 3.8) is 0 Å². The summed E-state index contributed by atoms with van der Waals surface area (Å²) >= 11 is 3.50. The number of aromatic nitrogens is 1. The Bertz CT molecular complexity index is 473. The molecule has 0 unspecified atom stereocenters. The van der Waals surface area contributed by atoms with E-state index in [-0.39, 0.29) is 0 Å². The molecule has 0 aliphatic carbocycles. The van der Waals surface area contributed by atoms with E-state index in [1.807, 2.05) is 17.7 Å². The highest BCUT2D eigenvalue weighted by atomic mass is 79.9. The van der Waals surface area contributed by atoms with Gasteiger partial charge in [-0.25, -0.2) is 0 Å². The Morgan fingerprint density at radius 2 is 2.08 bits per heavy atom. The predicted molar refractivity (Wildman–Crippen MR) is 57.0 cm³/mol. The van der Waals surface area contributed by atoms with Gasteiger partial charge >= 0.3 is 0 Å². The summed E-state index contributed by atoms with van der Waals surface area (Å²) in [6.45, 7) is 2.06. The van der Waals surface area contributed by atoms with Gasteiger partial charge in [-0.15, -0.1) is 0 Å². The Morgan fingerprint density at radius 3 is 2.77 bits per heavy atom. The standard InChI is InChI=1S/C10H10BrNO/c1-6-8-4-3-7(13)5-9(8)12(2)10(6)11/h3-5,13H,1-2H3. The van der Waals surface area contributed by atoms with E-state index < -0.39 is 0 Å². The Hall–Kier alpha value is -0.960. The van der Waals surface area contributed by atoms with Crippen molar-refractivity contribution in [2.24, 2.45) is 7.05 Å². The molecule has 3 heteroatoms. The van der Waals surface area contributed by atoms with Crippen molar-refractivity contribution in [2.75, 3.05) is 0 Å². The van der Waals surface area contributed by atoms with E-state index in [1.165, 1.54) is 10.9 Å². The van der Waals surface area contributed by atoms with Gasteiger partial charge in [0.2, 0.25) is 0 Å².